The SMILES string of the molecule is CC(=O)[C@H]1NCCC1(NC(=O)C(NC(=O)OC(C)C)C(C)C)c1ccc(Cl)cc1. The molecule has 0 aliphatic carbocycles. The zero-order valence-electron chi connectivity index (χ0n) is 17.5. The number of halogens is 1. The molecule has 1 fully saturated rings. The van der Waals surface area contributed by atoms with Crippen molar-refractivity contribution in [2.24, 2.45) is 5.92 Å². The molecular weight excluding hydrogens is 394 g/mol. The minimum absolute atomic E-state index is 0.0778. The zero-order valence-corrected chi connectivity index (χ0v) is 18.3. The second-order valence-electron chi connectivity index (χ2n) is 8.04. The van der Waals surface area contributed by atoms with Crippen LogP contribution in [0.1, 0.15) is 46.6 Å². The quantitative estimate of drug-likeness (QED) is 0.626. The molecule has 1 aromatic rings. The van der Waals surface area contributed by atoms with Gasteiger partial charge in [-0.1, -0.05) is 37.6 Å². The van der Waals surface area contributed by atoms with Gasteiger partial charge >= 0.3 is 6.09 Å². The lowest BCUT2D eigenvalue weighted by atomic mass is 9.80. The third-order valence-electron chi connectivity index (χ3n) is 5.04. The van der Waals surface area contributed by atoms with Crippen LogP contribution < -0.4 is 16.0 Å². The van der Waals surface area contributed by atoms with Crippen LogP contribution in [0.2, 0.25) is 5.02 Å². The molecule has 3 N–H and O–H groups in total. The Labute approximate surface area is 176 Å². The Balaban J connectivity index is 2.34. The standard InChI is InChI=1S/C21H30ClN3O4/c1-12(2)17(24-20(28)29-13(3)4)19(27)25-21(10-11-23-18(21)14(5)26)15-6-8-16(22)9-7-15/h6-9,12-13,17-18,23H,10-11H2,1-5H3,(H,24,28)(H,25,27)/t17?,18-,21?/m1/s1. The first kappa shape index (κ1) is 23.2. The summed E-state index contributed by atoms with van der Waals surface area (Å²) in [6.45, 7) is 9.22. The first-order valence-electron chi connectivity index (χ1n) is 9.86. The lowest BCUT2D eigenvalue weighted by molar-refractivity contribution is -0.127. The van der Waals surface area contributed by atoms with Crippen LogP contribution in [-0.4, -0.2) is 42.5 Å². The van der Waals surface area contributed by atoms with Crippen molar-refractivity contribution in [3.63, 3.8) is 0 Å². The van der Waals surface area contributed by atoms with Gasteiger partial charge in [0.25, 0.3) is 0 Å². The number of rotatable bonds is 7. The second kappa shape index (κ2) is 9.59. The van der Waals surface area contributed by atoms with Crippen molar-refractivity contribution >= 4 is 29.4 Å². The maximum atomic E-state index is 13.2. The molecule has 1 saturated heterocycles. The van der Waals surface area contributed by atoms with Gasteiger partial charge in [-0.2, -0.15) is 0 Å². The molecule has 1 aliphatic rings. The number of hydrogen-bond acceptors (Lipinski definition) is 5. The van der Waals surface area contributed by atoms with Gasteiger partial charge < -0.3 is 20.7 Å². The fourth-order valence-corrected chi connectivity index (χ4v) is 3.82. The predicted octanol–water partition coefficient (Wildman–Crippen LogP) is 2.76. The summed E-state index contributed by atoms with van der Waals surface area (Å²) in [5, 5.41) is 9.47. The lowest BCUT2D eigenvalue weighted by Crippen LogP contribution is -2.61. The van der Waals surface area contributed by atoms with Crippen LogP contribution in [0, 0.1) is 5.92 Å². The largest absolute Gasteiger partial charge is 0.447 e. The summed E-state index contributed by atoms with van der Waals surface area (Å²) < 4.78 is 5.12. The summed E-state index contributed by atoms with van der Waals surface area (Å²) in [6, 6.07) is 5.71. The Kier molecular flexibility index (Phi) is 7.66. The van der Waals surface area contributed by atoms with Gasteiger partial charge in [0.2, 0.25) is 5.91 Å². The molecule has 3 atom stereocenters. The molecule has 0 radical (unpaired) electrons. The average molecular weight is 424 g/mol. The van der Waals surface area contributed by atoms with Gasteiger partial charge in [0.1, 0.15) is 11.8 Å². The number of ketones is 1. The third-order valence-corrected chi connectivity index (χ3v) is 5.29. The van der Waals surface area contributed by atoms with Gasteiger partial charge in [-0.05, 0) is 57.4 Å². The number of carbonyl (C=O) groups excluding carboxylic acids is 3. The van der Waals surface area contributed by atoms with E-state index in [4.69, 9.17) is 16.3 Å². The highest BCUT2D eigenvalue weighted by molar-refractivity contribution is 6.30. The summed E-state index contributed by atoms with van der Waals surface area (Å²) >= 11 is 6.03. The predicted molar refractivity (Wildman–Crippen MR) is 112 cm³/mol. The van der Waals surface area contributed by atoms with E-state index in [0.29, 0.717) is 18.0 Å². The Morgan fingerprint density at radius 1 is 1.17 bits per heavy atom. The van der Waals surface area contributed by atoms with E-state index < -0.39 is 23.7 Å². The maximum absolute atomic E-state index is 13.2. The van der Waals surface area contributed by atoms with Crippen LogP contribution in [0.3, 0.4) is 0 Å². The summed E-state index contributed by atoms with van der Waals surface area (Å²) in [5.41, 5.74) is -0.141. The summed E-state index contributed by atoms with van der Waals surface area (Å²) in [4.78, 5) is 37.7. The first-order valence-corrected chi connectivity index (χ1v) is 10.2. The van der Waals surface area contributed by atoms with Crippen molar-refractivity contribution in [3.8, 4) is 0 Å². The number of nitrogens with one attached hydrogen (secondary N) is 3. The Morgan fingerprint density at radius 2 is 1.79 bits per heavy atom. The van der Waals surface area contributed by atoms with E-state index in [1.807, 2.05) is 26.0 Å². The van der Waals surface area contributed by atoms with Crippen LogP contribution in [0.25, 0.3) is 0 Å². The van der Waals surface area contributed by atoms with Crippen molar-refractivity contribution < 1.29 is 19.1 Å². The zero-order chi connectivity index (χ0) is 21.8. The van der Waals surface area contributed by atoms with Crippen molar-refractivity contribution in [1.29, 1.82) is 0 Å². The molecule has 29 heavy (non-hydrogen) atoms. The second-order valence-corrected chi connectivity index (χ2v) is 8.47. The molecule has 0 spiro atoms. The van der Waals surface area contributed by atoms with E-state index in [0.717, 1.165) is 5.56 Å². The summed E-state index contributed by atoms with van der Waals surface area (Å²) in [6.07, 6.45) is -0.416. The topological polar surface area (TPSA) is 96.5 Å². The molecular formula is C21H30ClN3O4. The maximum Gasteiger partial charge on any atom is 0.408 e. The van der Waals surface area contributed by atoms with Crippen molar-refractivity contribution in [2.45, 2.75) is 64.8 Å². The molecule has 160 valence electrons. The highest BCUT2D eigenvalue weighted by Crippen LogP contribution is 2.34. The number of benzene rings is 1. The Hall–Kier alpha value is -2.12. The van der Waals surface area contributed by atoms with Crippen LogP contribution in [-0.2, 0) is 19.9 Å². The number of alkyl carbamates (subject to hydrolysis) is 1. The first-order chi connectivity index (χ1) is 13.6. The third kappa shape index (κ3) is 5.48. The highest BCUT2D eigenvalue weighted by Gasteiger charge is 2.48. The van der Waals surface area contributed by atoms with Crippen LogP contribution >= 0.6 is 11.6 Å². The van der Waals surface area contributed by atoms with E-state index in [9.17, 15) is 14.4 Å². The van der Waals surface area contributed by atoms with E-state index in [1.165, 1.54) is 6.92 Å². The van der Waals surface area contributed by atoms with Crippen LogP contribution in [0.4, 0.5) is 4.79 Å². The Bertz CT molecular complexity index is 751. The molecule has 0 aromatic heterocycles. The van der Waals surface area contributed by atoms with Crippen molar-refractivity contribution in [2.75, 3.05) is 6.54 Å². The smallest absolute Gasteiger partial charge is 0.408 e. The fourth-order valence-electron chi connectivity index (χ4n) is 3.70. The number of amides is 2. The number of ether oxygens (including phenoxy) is 1. The van der Waals surface area contributed by atoms with Gasteiger partial charge in [0.05, 0.1) is 17.7 Å². The van der Waals surface area contributed by atoms with E-state index in [2.05, 4.69) is 16.0 Å². The van der Waals surface area contributed by atoms with Crippen molar-refractivity contribution in [1.82, 2.24) is 16.0 Å². The molecule has 2 rings (SSSR count). The molecule has 0 bridgehead atoms. The van der Waals surface area contributed by atoms with Gasteiger partial charge in [-0.15, -0.1) is 0 Å². The number of carbonyl (C=O) groups is 3. The summed E-state index contributed by atoms with van der Waals surface area (Å²) in [7, 11) is 0. The molecule has 2 unspecified atom stereocenters. The van der Waals surface area contributed by atoms with Gasteiger partial charge in [-0.25, -0.2) is 4.79 Å². The van der Waals surface area contributed by atoms with Crippen LogP contribution in [0.5, 0.6) is 0 Å². The van der Waals surface area contributed by atoms with Crippen molar-refractivity contribution in [3.05, 3.63) is 34.9 Å². The molecule has 7 nitrogen and oxygen atoms in total. The average Bonchev–Trinajstić information content (AvgIpc) is 3.04. The monoisotopic (exact) mass is 423 g/mol. The Morgan fingerprint density at radius 3 is 2.31 bits per heavy atom. The van der Waals surface area contributed by atoms with Gasteiger partial charge in [-0.3, -0.25) is 9.59 Å². The lowest BCUT2D eigenvalue weighted by Gasteiger charge is -2.37. The normalized spacial score (nSPS) is 22.4. The minimum Gasteiger partial charge on any atom is -0.447 e. The molecule has 8 heteroatoms. The molecule has 0 saturated carbocycles. The number of hydrogen-bond donors (Lipinski definition) is 3. The van der Waals surface area contributed by atoms with Crippen LogP contribution in [0.15, 0.2) is 24.3 Å². The van der Waals surface area contributed by atoms with Gasteiger partial charge in [0.15, 0.2) is 0 Å². The molecule has 1 aliphatic heterocycles. The fraction of sp³-hybridized carbons (Fsp3) is 0.571. The van der Waals surface area contributed by atoms with Gasteiger partial charge in [0, 0.05) is 5.02 Å². The van der Waals surface area contributed by atoms with E-state index >= 15 is 0 Å². The highest BCUT2D eigenvalue weighted by atomic mass is 35.5. The van der Waals surface area contributed by atoms with E-state index in [-0.39, 0.29) is 23.7 Å². The molecule has 2 amide bonds. The molecule has 1 heterocycles. The van der Waals surface area contributed by atoms with E-state index in [1.54, 1.807) is 26.0 Å². The molecule has 1 aromatic carbocycles. The number of Topliss-reactive ketones (excluding diaryl/α,β-unsaturated/α-hetero) is 1. The minimum atomic E-state index is -0.926. The summed E-state index contributed by atoms with van der Waals surface area (Å²) in [5.74, 6) is -0.626.